The van der Waals surface area contributed by atoms with Crippen LogP contribution in [0.2, 0.25) is 0 Å². The number of ether oxygens (including phenoxy) is 1. The van der Waals surface area contributed by atoms with Crippen LogP contribution in [0.1, 0.15) is 13.8 Å². The summed E-state index contributed by atoms with van der Waals surface area (Å²) in [6.45, 7) is 3.96. The third kappa shape index (κ3) is 2.16. The molecular formula is C12H15N3O. The Morgan fingerprint density at radius 1 is 1.31 bits per heavy atom. The van der Waals surface area contributed by atoms with Gasteiger partial charge >= 0.3 is 0 Å². The molecular weight excluding hydrogens is 202 g/mol. The first-order valence-corrected chi connectivity index (χ1v) is 5.23. The van der Waals surface area contributed by atoms with Crippen LogP contribution in [0.4, 0.5) is 5.69 Å². The van der Waals surface area contributed by atoms with Gasteiger partial charge in [-0.15, -0.1) is 0 Å². The molecule has 0 aliphatic carbocycles. The second-order valence-electron chi connectivity index (χ2n) is 3.85. The molecule has 0 saturated heterocycles. The number of para-hydroxylation sites is 2. The van der Waals surface area contributed by atoms with Gasteiger partial charge in [0.2, 0.25) is 0 Å². The van der Waals surface area contributed by atoms with Gasteiger partial charge in [-0.25, -0.2) is 4.68 Å². The van der Waals surface area contributed by atoms with Gasteiger partial charge in [-0.1, -0.05) is 12.1 Å². The molecule has 0 saturated carbocycles. The Morgan fingerprint density at radius 2 is 2.06 bits per heavy atom. The molecule has 4 heteroatoms. The lowest BCUT2D eigenvalue weighted by molar-refractivity contribution is 0.242. The van der Waals surface area contributed by atoms with Crippen LogP contribution in [-0.4, -0.2) is 15.9 Å². The summed E-state index contributed by atoms with van der Waals surface area (Å²) in [7, 11) is 0. The van der Waals surface area contributed by atoms with Crippen molar-refractivity contribution < 1.29 is 4.74 Å². The molecule has 0 amide bonds. The molecule has 0 aliphatic heterocycles. The number of nitrogens with zero attached hydrogens (tertiary/aromatic N) is 2. The lowest BCUT2D eigenvalue weighted by Crippen LogP contribution is -2.04. The highest BCUT2D eigenvalue weighted by Gasteiger charge is 2.05. The molecule has 0 fully saturated rings. The summed E-state index contributed by atoms with van der Waals surface area (Å²) in [6.07, 6.45) is 3.66. The summed E-state index contributed by atoms with van der Waals surface area (Å²) < 4.78 is 7.25. The summed E-state index contributed by atoms with van der Waals surface area (Å²) >= 11 is 0. The van der Waals surface area contributed by atoms with E-state index in [9.17, 15) is 0 Å². The van der Waals surface area contributed by atoms with Gasteiger partial charge in [-0.3, -0.25) is 0 Å². The molecule has 4 nitrogen and oxygen atoms in total. The standard InChI is InChI=1S/C12H15N3O/c1-9(2)16-10-7-14-15(8-10)12-6-4-3-5-11(12)13/h3-9H,13H2,1-2H3. The third-order valence-corrected chi connectivity index (χ3v) is 2.11. The first-order chi connectivity index (χ1) is 7.66. The molecule has 1 aromatic carbocycles. The van der Waals surface area contributed by atoms with Crippen LogP contribution in [0.15, 0.2) is 36.7 Å². The van der Waals surface area contributed by atoms with Crippen molar-refractivity contribution in [1.82, 2.24) is 9.78 Å². The Hall–Kier alpha value is -1.97. The molecule has 84 valence electrons. The number of hydrogen-bond acceptors (Lipinski definition) is 3. The summed E-state index contributed by atoms with van der Waals surface area (Å²) in [5.41, 5.74) is 7.42. The molecule has 0 radical (unpaired) electrons. The first kappa shape index (κ1) is 10.5. The molecule has 0 aliphatic rings. The van der Waals surface area contributed by atoms with E-state index < -0.39 is 0 Å². The van der Waals surface area contributed by atoms with Gasteiger partial charge in [0.05, 0.1) is 29.9 Å². The Balaban J connectivity index is 2.28. The zero-order valence-electron chi connectivity index (χ0n) is 9.42. The molecule has 1 heterocycles. The largest absolute Gasteiger partial charge is 0.488 e. The highest BCUT2D eigenvalue weighted by molar-refractivity contribution is 5.57. The number of nitrogen functional groups attached to an aromatic ring is 1. The van der Waals surface area contributed by atoms with Gasteiger partial charge < -0.3 is 10.5 Å². The molecule has 0 bridgehead atoms. The van der Waals surface area contributed by atoms with Crippen molar-refractivity contribution in [3.05, 3.63) is 36.7 Å². The fourth-order valence-electron chi connectivity index (χ4n) is 1.47. The van der Waals surface area contributed by atoms with Gasteiger partial charge in [0, 0.05) is 0 Å². The summed E-state index contributed by atoms with van der Waals surface area (Å²) in [5, 5.41) is 4.21. The van der Waals surface area contributed by atoms with Crippen molar-refractivity contribution in [2.75, 3.05) is 5.73 Å². The minimum Gasteiger partial charge on any atom is -0.488 e. The van der Waals surface area contributed by atoms with Gasteiger partial charge in [0.1, 0.15) is 0 Å². The maximum absolute atomic E-state index is 5.86. The minimum absolute atomic E-state index is 0.144. The van der Waals surface area contributed by atoms with Gasteiger partial charge in [0.25, 0.3) is 0 Å². The lowest BCUT2D eigenvalue weighted by Gasteiger charge is -2.06. The van der Waals surface area contributed by atoms with Gasteiger partial charge in [-0.2, -0.15) is 5.10 Å². The Morgan fingerprint density at radius 3 is 2.75 bits per heavy atom. The van der Waals surface area contributed by atoms with Crippen LogP contribution in [0.25, 0.3) is 5.69 Å². The Kier molecular flexibility index (Phi) is 2.81. The number of nitrogens with two attached hydrogens (primary N) is 1. The van der Waals surface area contributed by atoms with Crippen LogP contribution in [0.5, 0.6) is 5.75 Å². The van der Waals surface area contributed by atoms with E-state index >= 15 is 0 Å². The van der Waals surface area contributed by atoms with Crippen molar-refractivity contribution in [3.8, 4) is 11.4 Å². The number of benzene rings is 1. The van der Waals surface area contributed by atoms with Crippen LogP contribution in [0, 0.1) is 0 Å². The monoisotopic (exact) mass is 217 g/mol. The van der Waals surface area contributed by atoms with Gasteiger partial charge in [0.15, 0.2) is 5.75 Å². The van der Waals surface area contributed by atoms with Crippen molar-refractivity contribution in [3.63, 3.8) is 0 Å². The number of anilines is 1. The third-order valence-electron chi connectivity index (χ3n) is 2.11. The second kappa shape index (κ2) is 4.26. The van der Waals surface area contributed by atoms with Gasteiger partial charge in [-0.05, 0) is 26.0 Å². The van der Waals surface area contributed by atoms with Crippen LogP contribution < -0.4 is 10.5 Å². The van der Waals surface area contributed by atoms with Crippen LogP contribution >= 0.6 is 0 Å². The normalized spacial score (nSPS) is 10.7. The maximum Gasteiger partial charge on any atom is 0.158 e. The molecule has 2 rings (SSSR count). The predicted octanol–water partition coefficient (Wildman–Crippen LogP) is 2.24. The van der Waals surface area contributed by atoms with Crippen molar-refractivity contribution >= 4 is 5.69 Å². The predicted molar refractivity (Wildman–Crippen MR) is 63.7 cm³/mol. The van der Waals surface area contributed by atoms with E-state index in [2.05, 4.69) is 5.10 Å². The molecule has 1 aromatic heterocycles. The first-order valence-electron chi connectivity index (χ1n) is 5.23. The molecule has 2 aromatic rings. The number of aromatic nitrogens is 2. The fourth-order valence-corrected chi connectivity index (χ4v) is 1.47. The van der Waals surface area contributed by atoms with E-state index in [-0.39, 0.29) is 6.10 Å². The Labute approximate surface area is 94.6 Å². The summed E-state index contributed by atoms with van der Waals surface area (Å²) in [5.74, 6) is 0.748. The summed E-state index contributed by atoms with van der Waals surface area (Å²) in [4.78, 5) is 0. The van der Waals surface area contributed by atoms with Crippen molar-refractivity contribution in [2.24, 2.45) is 0 Å². The topological polar surface area (TPSA) is 53.1 Å². The Bertz CT molecular complexity index is 477. The van der Waals surface area contributed by atoms with E-state index in [1.807, 2.05) is 44.3 Å². The van der Waals surface area contributed by atoms with E-state index in [0.717, 1.165) is 11.4 Å². The maximum atomic E-state index is 5.86. The average Bonchev–Trinajstić information content (AvgIpc) is 2.66. The SMILES string of the molecule is CC(C)Oc1cnn(-c2ccccc2N)c1. The van der Waals surface area contributed by atoms with E-state index in [1.165, 1.54) is 0 Å². The number of hydrogen-bond donors (Lipinski definition) is 1. The zero-order valence-corrected chi connectivity index (χ0v) is 9.42. The number of rotatable bonds is 3. The minimum atomic E-state index is 0.144. The fraction of sp³-hybridized carbons (Fsp3) is 0.250. The molecule has 16 heavy (non-hydrogen) atoms. The highest BCUT2D eigenvalue weighted by Crippen LogP contribution is 2.19. The van der Waals surface area contributed by atoms with Crippen molar-refractivity contribution in [1.29, 1.82) is 0 Å². The van der Waals surface area contributed by atoms with E-state index in [4.69, 9.17) is 10.5 Å². The van der Waals surface area contributed by atoms with Crippen LogP contribution in [-0.2, 0) is 0 Å². The molecule has 2 N–H and O–H groups in total. The zero-order chi connectivity index (χ0) is 11.5. The quantitative estimate of drug-likeness (QED) is 0.802. The lowest BCUT2D eigenvalue weighted by atomic mass is 10.3. The molecule has 0 unspecified atom stereocenters. The van der Waals surface area contributed by atoms with Crippen LogP contribution in [0.3, 0.4) is 0 Å². The van der Waals surface area contributed by atoms with E-state index in [0.29, 0.717) is 5.69 Å². The van der Waals surface area contributed by atoms with Crippen molar-refractivity contribution in [2.45, 2.75) is 20.0 Å². The highest BCUT2D eigenvalue weighted by atomic mass is 16.5. The average molecular weight is 217 g/mol. The molecule has 0 atom stereocenters. The summed E-state index contributed by atoms with van der Waals surface area (Å²) in [6, 6.07) is 7.59. The second-order valence-corrected chi connectivity index (χ2v) is 3.85. The van der Waals surface area contributed by atoms with E-state index in [1.54, 1.807) is 10.9 Å². The smallest absolute Gasteiger partial charge is 0.158 e. The molecule has 0 spiro atoms.